The number of rotatable bonds is 6. The Hall–Kier alpha value is -3.16. The smallest absolute Gasteiger partial charge is 0.260 e. The first-order chi connectivity index (χ1) is 14.6. The van der Waals surface area contributed by atoms with Crippen molar-refractivity contribution in [3.63, 3.8) is 0 Å². The number of ether oxygens (including phenoxy) is 2. The Morgan fingerprint density at radius 3 is 2.50 bits per heavy atom. The van der Waals surface area contributed by atoms with Crippen LogP contribution in [0.2, 0.25) is 5.02 Å². The van der Waals surface area contributed by atoms with Gasteiger partial charge < -0.3 is 9.47 Å². The lowest BCUT2D eigenvalue weighted by Gasteiger charge is -2.20. The number of fused-ring (bicyclic) bond motifs is 1. The molecule has 152 valence electrons. The van der Waals surface area contributed by atoms with E-state index < -0.39 is 0 Å². The molecule has 0 N–H and O–H groups in total. The highest BCUT2D eigenvalue weighted by atomic mass is 35.5. The summed E-state index contributed by atoms with van der Waals surface area (Å²) in [5.74, 6) is 0.834. The number of hydrogen-bond acceptors (Lipinski definition) is 6. The molecule has 2 aromatic heterocycles. The van der Waals surface area contributed by atoms with Gasteiger partial charge in [0.2, 0.25) is 0 Å². The lowest BCUT2D eigenvalue weighted by molar-refractivity contribution is 0.0984. The van der Waals surface area contributed by atoms with E-state index in [1.54, 1.807) is 49.6 Å². The Labute approximate surface area is 182 Å². The third kappa shape index (κ3) is 4.22. The number of benzene rings is 2. The Morgan fingerprint density at radius 1 is 1.07 bits per heavy atom. The number of carbonyl (C=O) groups is 1. The minimum absolute atomic E-state index is 0.233. The van der Waals surface area contributed by atoms with Gasteiger partial charge >= 0.3 is 0 Å². The summed E-state index contributed by atoms with van der Waals surface area (Å²) in [6, 6.07) is 16.1. The van der Waals surface area contributed by atoms with Gasteiger partial charge in [-0.05, 0) is 42.5 Å². The van der Waals surface area contributed by atoms with E-state index in [1.807, 2.05) is 30.3 Å². The molecule has 0 atom stereocenters. The van der Waals surface area contributed by atoms with Crippen molar-refractivity contribution >= 4 is 44.2 Å². The molecular formula is C22H18ClN3O3S. The van der Waals surface area contributed by atoms with Crippen LogP contribution in [0, 0.1) is 0 Å². The first-order valence-corrected chi connectivity index (χ1v) is 10.3. The van der Waals surface area contributed by atoms with Crippen molar-refractivity contribution in [3.05, 3.63) is 77.1 Å². The van der Waals surface area contributed by atoms with Gasteiger partial charge in [0.1, 0.15) is 11.5 Å². The maximum absolute atomic E-state index is 13.6. The monoisotopic (exact) mass is 439 g/mol. The minimum atomic E-state index is -0.233. The van der Waals surface area contributed by atoms with Crippen molar-refractivity contribution in [1.29, 1.82) is 0 Å². The molecule has 4 rings (SSSR count). The number of aromatic nitrogens is 2. The Morgan fingerprint density at radius 2 is 1.83 bits per heavy atom. The van der Waals surface area contributed by atoms with Crippen LogP contribution >= 0.6 is 22.9 Å². The van der Waals surface area contributed by atoms with Gasteiger partial charge in [0.05, 0.1) is 36.7 Å². The van der Waals surface area contributed by atoms with Crippen molar-refractivity contribution in [2.24, 2.45) is 0 Å². The molecule has 8 heteroatoms. The fraction of sp³-hybridized carbons (Fsp3) is 0.136. The van der Waals surface area contributed by atoms with Gasteiger partial charge in [-0.1, -0.05) is 29.0 Å². The predicted octanol–water partition coefficient (Wildman–Crippen LogP) is 5.21. The zero-order valence-electron chi connectivity index (χ0n) is 16.3. The summed E-state index contributed by atoms with van der Waals surface area (Å²) < 4.78 is 11.5. The minimum Gasteiger partial charge on any atom is -0.497 e. The zero-order valence-corrected chi connectivity index (χ0v) is 17.9. The number of carbonyl (C=O) groups excluding carboxylic acids is 1. The molecule has 6 nitrogen and oxygen atoms in total. The van der Waals surface area contributed by atoms with Gasteiger partial charge in [-0.3, -0.25) is 14.7 Å². The maximum atomic E-state index is 13.6. The molecule has 0 aliphatic heterocycles. The topological polar surface area (TPSA) is 64.6 Å². The highest BCUT2D eigenvalue weighted by molar-refractivity contribution is 7.22. The van der Waals surface area contributed by atoms with E-state index in [0.717, 1.165) is 15.9 Å². The number of nitrogens with zero attached hydrogens (tertiary/aromatic N) is 3. The Balaban J connectivity index is 1.79. The van der Waals surface area contributed by atoms with Crippen LogP contribution < -0.4 is 14.4 Å². The fourth-order valence-electron chi connectivity index (χ4n) is 2.97. The summed E-state index contributed by atoms with van der Waals surface area (Å²) >= 11 is 7.52. The number of hydrogen-bond donors (Lipinski definition) is 0. The lowest BCUT2D eigenvalue weighted by atomic mass is 10.1. The van der Waals surface area contributed by atoms with Gasteiger partial charge in [-0.15, -0.1) is 0 Å². The quantitative estimate of drug-likeness (QED) is 0.412. The summed E-state index contributed by atoms with van der Waals surface area (Å²) in [7, 11) is 3.10. The van der Waals surface area contributed by atoms with Gasteiger partial charge in [-0.25, -0.2) is 4.98 Å². The number of thiazole rings is 1. The summed E-state index contributed by atoms with van der Waals surface area (Å²) in [5, 5.41) is 1.18. The molecule has 4 aromatic rings. The number of anilines is 1. The molecule has 0 radical (unpaired) electrons. The molecule has 1 amide bonds. The SMILES string of the molecule is COc1cc(OC)cc(C(=O)N(Cc2ccccn2)c2nc3ccc(Cl)cc3s2)c1. The van der Waals surface area contributed by atoms with Crippen molar-refractivity contribution in [3.8, 4) is 11.5 Å². The molecule has 0 fully saturated rings. The van der Waals surface area contributed by atoms with Gasteiger partial charge in [0, 0.05) is 22.8 Å². The van der Waals surface area contributed by atoms with Crippen LogP contribution in [0.15, 0.2) is 60.8 Å². The fourth-order valence-corrected chi connectivity index (χ4v) is 4.21. The molecule has 30 heavy (non-hydrogen) atoms. The van der Waals surface area contributed by atoms with Crippen LogP contribution in [0.25, 0.3) is 10.2 Å². The highest BCUT2D eigenvalue weighted by Crippen LogP contribution is 2.33. The number of halogens is 1. The van der Waals surface area contributed by atoms with E-state index in [9.17, 15) is 4.79 Å². The van der Waals surface area contributed by atoms with Crippen molar-refractivity contribution in [2.45, 2.75) is 6.54 Å². The molecule has 0 saturated carbocycles. The first kappa shape index (κ1) is 20.1. The average molecular weight is 440 g/mol. The third-order valence-electron chi connectivity index (χ3n) is 4.46. The molecule has 2 aromatic carbocycles. The second-order valence-corrected chi connectivity index (χ2v) is 7.87. The highest BCUT2D eigenvalue weighted by Gasteiger charge is 2.23. The molecular weight excluding hydrogens is 422 g/mol. The Kier molecular flexibility index (Phi) is 5.83. The molecule has 0 spiro atoms. The predicted molar refractivity (Wildman–Crippen MR) is 119 cm³/mol. The van der Waals surface area contributed by atoms with E-state index in [0.29, 0.717) is 27.2 Å². The van der Waals surface area contributed by atoms with Crippen LogP contribution in [0.3, 0.4) is 0 Å². The summed E-state index contributed by atoms with van der Waals surface area (Å²) in [6.45, 7) is 0.271. The Bertz CT molecular complexity index is 1170. The van der Waals surface area contributed by atoms with E-state index >= 15 is 0 Å². The molecule has 0 bridgehead atoms. The average Bonchev–Trinajstić information content (AvgIpc) is 3.20. The summed E-state index contributed by atoms with van der Waals surface area (Å²) in [5.41, 5.74) is 1.96. The largest absolute Gasteiger partial charge is 0.497 e. The van der Waals surface area contributed by atoms with Gasteiger partial charge in [0.25, 0.3) is 5.91 Å². The van der Waals surface area contributed by atoms with Gasteiger partial charge in [-0.2, -0.15) is 0 Å². The van der Waals surface area contributed by atoms with Crippen LogP contribution in [0.4, 0.5) is 5.13 Å². The normalized spacial score (nSPS) is 10.8. The third-order valence-corrected chi connectivity index (χ3v) is 5.74. The standard InChI is InChI=1S/C22H18ClN3O3S/c1-28-17-9-14(10-18(12-17)29-2)21(27)26(13-16-5-3-4-8-24-16)22-25-19-7-6-15(23)11-20(19)30-22/h3-12H,13H2,1-2H3. The summed E-state index contributed by atoms with van der Waals surface area (Å²) in [4.78, 5) is 24.2. The lowest BCUT2D eigenvalue weighted by Crippen LogP contribution is -2.30. The van der Waals surface area contributed by atoms with Gasteiger partial charge in [0.15, 0.2) is 5.13 Å². The summed E-state index contributed by atoms with van der Waals surface area (Å²) in [6.07, 6.45) is 1.70. The molecule has 0 unspecified atom stereocenters. The van der Waals surface area contributed by atoms with Crippen LogP contribution in [0.5, 0.6) is 11.5 Å². The van der Waals surface area contributed by atoms with Crippen molar-refractivity contribution in [1.82, 2.24) is 9.97 Å². The number of methoxy groups -OCH3 is 2. The second-order valence-electron chi connectivity index (χ2n) is 6.42. The van der Waals surface area contributed by atoms with E-state index in [2.05, 4.69) is 9.97 Å². The van der Waals surface area contributed by atoms with E-state index in [4.69, 9.17) is 21.1 Å². The molecule has 0 saturated heterocycles. The van der Waals surface area contributed by atoms with Crippen LogP contribution in [-0.2, 0) is 6.54 Å². The second kappa shape index (κ2) is 8.69. The molecule has 0 aliphatic carbocycles. The molecule has 2 heterocycles. The zero-order chi connectivity index (χ0) is 21.1. The number of pyridine rings is 1. The van der Waals surface area contributed by atoms with Crippen LogP contribution in [0.1, 0.15) is 16.1 Å². The van der Waals surface area contributed by atoms with Crippen molar-refractivity contribution in [2.75, 3.05) is 19.1 Å². The van der Waals surface area contributed by atoms with Crippen molar-refractivity contribution < 1.29 is 14.3 Å². The van der Waals surface area contributed by atoms with E-state index in [1.165, 1.54) is 11.3 Å². The van der Waals surface area contributed by atoms with Crippen LogP contribution in [-0.4, -0.2) is 30.1 Å². The molecule has 0 aliphatic rings. The first-order valence-electron chi connectivity index (χ1n) is 9.08. The maximum Gasteiger partial charge on any atom is 0.260 e. The van der Waals surface area contributed by atoms with E-state index in [-0.39, 0.29) is 12.5 Å². The number of amides is 1.